The Kier molecular flexibility index (Phi) is 5.97. The summed E-state index contributed by atoms with van der Waals surface area (Å²) in [7, 11) is 0. The van der Waals surface area contributed by atoms with Crippen molar-refractivity contribution in [2.75, 3.05) is 6.54 Å². The maximum atomic E-state index is 12.5. The predicted molar refractivity (Wildman–Crippen MR) is 122 cm³/mol. The first-order valence-electron chi connectivity index (χ1n) is 11.2. The molecule has 0 bridgehead atoms. The van der Waals surface area contributed by atoms with Gasteiger partial charge in [-0.1, -0.05) is 17.3 Å². The first-order chi connectivity index (χ1) is 16.2. The summed E-state index contributed by atoms with van der Waals surface area (Å²) in [6.07, 6.45) is 8.54. The second-order valence-electron chi connectivity index (χ2n) is 8.18. The van der Waals surface area contributed by atoms with Gasteiger partial charge in [0, 0.05) is 53.6 Å². The van der Waals surface area contributed by atoms with Gasteiger partial charge in [0.05, 0.1) is 0 Å². The van der Waals surface area contributed by atoms with Crippen LogP contribution in [0.1, 0.15) is 51.9 Å². The van der Waals surface area contributed by atoms with Crippen LogP contribution in [0.25, 0.3) is 10.8 Å². The van der Waals surface area contributed by atoms with Crippen molar-refractivity contribution in [2.24, 2.45) is 0 Å². The molecule has 0 atom stereocenters. The molecular weight excluding hydrogens is 418 g/mol. The van der Waals surface area contributed by atoms with Crippen LogP contribution in [0.3, 0.4) is 0 Å². The summed E-state index contributed by atoms with van der Waals surface area (Å²) in [5.41, 5.74) is 3.74. The molecule has 0 radical (unpaired) electrons. The summed E-state index contributed by atoms with van der Waals surface area (Å²) < 4.78 is 11.2. The zero-order chi connectivity index (χ0) is 22.6. The van der Waals surface area contributed by atoms with Crippen LogP contribution < -0.4 is 10.1 Å². The number of amides is 1. The van der Waals surface area contributed by atoms with Gasteiger partial charge in [-0.2, -0.15) is 0 Å². The van der Waals surface area contributed by atoms with Crippen molar-refractivity contribution in [3.8, 4) is 5.75 Å². The van der Waals surface area contributed by atoms with E-state index in [-0.39, 0.29) is 18.2 Å². The lowest BCUT2D eigenvalue weighted by atomic mass is 9.95. The zero-order valence-electron chi connectivity index (χ0n) is 18.5. The van der Waals surface area contributed by atoms with Crippen molar-refractivity contribution in [1.29, 1.82) is 0 Å². The van der Waals surface area contributed by atoms with Crippen LogP contribution in [0.4, 0.5) is 0 Å². The number of nitrogens with zero attached hydrogens (tertiary/aromatic N) is 4. The van der Waals surface area contributed by atoms with Crippen molar-refractivity contribution in [1.82, 2.24) is 25.4 Å². The minimum Gasteiger partial charge on any atom is -0.485 e. The summed E-state index contributed by atoms with van der Waals surface area (Å²) in [5.74, 6) is 1.67. The molecule has 0 spiro atoms. The smallest absolute Gasteiger partial charge is 0.273 e. The fourth-order valence-electron chi connectivity index (χ4n) is 4.19. The molecule has 3 heterocycles. The van der Waals surface area contributed by atoms with Crippen LogP contribution in [-0.4, -0.2) is 32.6 Å². The Labute approximate surface area is 191 Å². The third-order valence-electron chi connectivity index (χ3n) is 5.87. The second-order valence-corrected chi connectivity index (χ2v) is 8.18. The third kappa shape index (κ3) is 4.69. The SMILES string of the molecule is Cc1nc(CCNC(=O)c2cc(COc3cccc4cnccc34)on2)nc2c1CCCC2. The zero-order valence-corrected chi connectivity index (χ0v) is 18.5. The topological polar surface area (TPSA) is 103 Å². The molecule has 5 rings (SSSR count). The quantitative estimate of drug-likeness (QED) is 0.464. The second kappa shape index (κ2) is 9.36. The number of nitrogens with one attached hydrogen (secondary N) is 1. The molecular formula is C25H25N5O3. The molecule has 0 fully saturated rings. The van der Waals surface area contributed by atoms with E-state index in [1.165, 1.54) is 24.1 Å². The van der Waals surface area contributed by atoms with Crippen molar-refractivity contribution in [2.45, 2.75) is 45.6 Å². The van der Waals surface area contributed by atoms with Gasteiger partial charge in [-0.05, 0) is 50.3 Å². The minimum atomic E-state index is -0.295. The van der Waals surface area contributed by atoms with Gasteiger partial charge in [0.15, 0.2) is 11.5 Å². The van der Waals surface area contributed by atoms with Gasteiger partial charge in [-0.25, -0.2) is 9.97 Å². The Morgan fingerprint density at radius 1 is 1.18 bits per heavy atom. The molecule has 0 saturated heterocycles. The average Bonchev–Trinajstić information content (AvgIpc) is 3.32. The molecule has 8 nitrogen and oxygen atoms in total. The molecule has 0 aliphatic heterocycles. The van der Waals surface area contributed by atoms with Gasteiger partial charge in [-0.15, -0.1) is 0 Å². The maximum Gasteiger partial charge on any atom is 0.273 e. The molecule has 3 aromatic heterocycles. The van der Waals surface area contributed by atoms with Crippen molar-refractivity contribution in [3.63, 3.8) is 0 Å². The van der Waals surface area contributed by atoms with E-state index in [2.05, 4.69) is 20.4 Å². The highest BCUT2D eigenvalue weighted by atomic mass is 16.5. The summed E-state index contributed by atoms with van der Waals surface area (Å²) in [5, 5.41) is 8.70. The lowest BCUT2D eigenvalue weighted by molar-refractivity contribution is 0.0944. The first kappa shape index (κ1) is 21.1. The normalized spacial score (nSPS) is 13.0. The number of carbonyl (C=O) groups is 1. The van der Waals surface area contributed by atoms with E-state index in [1.807, 2.05) is 31.2 Å². The molecule has 168 valence electrons. The van der Waals surface area contributed by atoms with E-state index < -0.39 is 0 Å². The number of fused-ring (bicyclic) bond motifs is 2. The minimum absolute atomic E-state index is 0.171. The van der Waals surface area contributed by atoms with Crippen molar-refractivity contribution >= 4 is 16.7 Å². The fraction of sp³-hybridized carbons (Fsp3) is 0.320. The van der Waals surface area contributed by atoms with Crippen LogP contribution in [0.5, 0.6) is 5.75 Å². The van der Waals surface area contributed by atoms with E-state index in [4.69, 9.17) is 14.2 Å². The van der Waals surface area contributed by atoms with Gasteiger partial charge >= 0.3 is 0 Å². The monoisotopic (exact) mass is 443 g/mol. The highest BCUT2D eigenvalue weighted by Gasteiger charge is 2.16. The Morgan fingerprint density at radius 2 is 2.09 bits per heavy atom. The fourth-order valence-corrected chi connectivity index (χ4v) is 4.19. The number of hydrogen-bond donors (Lipinski definition) is 1. The molecule has 4 aromatic rings. The Morgan fingerprint density at radius 3 is 3.03 bits per heavy atom. The molecule has 8 heteroatoms. The largest absolute Gasteiger partial charge is 0.485 e. The third-order valence-corrected chi connectivity index (χ3v) is 5.87. The predicted octanol–water partition coefficient (Wildman–Crippen LogP) is 3.75. The molecule has 1 N–H and O–H groups in total. The van der Waals surface area contributed by atoms with Crippen LogP contribution in [0, 0.1) is 6.92 Å². The number of aromatic nitrogens is 4. The highest BCUT2D eigenvalue weighted by molar-refractivity contribution is 5.92. The van der Waals surface area contributed by atoms with Crippen LogP contribution in [0.2, 0.25) is 0 Å². The van der Waals surface area contributed by atoms with Crippen molar-refractivity contribution in [3.05, 3.63) is 77.0 Å². The summed E-state index contributed by atoms with van der Waals surface area (Å²) >= 11 is 0. The molecule has 1 aliphatic carbocycles. The molecule has 0 saturated carbocycles. The molecule has 1 aromatic carbocycles. The van der Waals surface area contributed by atoms with E-state index in [1.54, 1.807) is 18.5 Å². The van der Waals surface area contributed by atoms with Gasteiger partial charge in [0.25, 0.3) is 5.91 Å². The van der Waals surface area contributed by atoms with E-state index in [9.17, 15) is 4.79 Å². The summed E-state index contributed by atoms with van der Waals surface area (Å²) in [4.78, 5) is 25.9. The van der Waals surface area contributed by atoms with Gasteiger partial charge < -0.3 is 14.6 Å². The summed E-state index contributed by atoms with van der Waals surface area (Å²) in [6.45, 7) is 2.64. The molecule has 33 heavy (non-hydrogen) atoms. The number of carbonyl (C=O) groups excluding carboxylic acids is 1. The van der Waals surface area contributed by atoms with E-state index in [0.29, 0.717) is 18.7 Å². The highest BCUT2D eigenvalue weighted by Crippen LogP contribution is 2.25. The number of pyridine rings is 1. The van der Waals surface area contributed by atoms with Gasteiger partial charge in [-0.3, -0.25) is 9.78 Å². The number of aryl methyl sites for hydroxylation is 2. The summed E-state index contributed by atoms with van der Waals surface area (Å²) in [6, 6.07) is 9.27. The average molecular weight is 444 g/mol. The lowest BCUT2D eigenvalue weighted by Crippen LogP contribution is -2.26. The standard InChI is InChI=1S/C25H25N5O3/c1-16-19-6-2-3-7-21(19)29-24(28-16)10-12-27-25(31)22-13-18(33-30-22)15-32-23-8-4-5-17-14-26-11-9-20(17)23/h4-5,8-9,11,13-14H,2-3,6-7,10,12,15H2,1H3,(H,27,31). The maximum absolute atomic E-state index is 12.5. The van der Waals surface area contributed by atoms with E-state index >= 15 is 0 Å². The number of ether oxygens (including phenoxy) is 1. The number of hydrogen-bond acceptors (Lipinski definition) is 7. The molecule has 1 amide bonds. The first-order valence-corrected chi connectivity index (χ1v) is 11.2. The number of benzene rings is 1. The number of rotatable bonds is 7. The van der Waals surface area contributed by atoms with Crippen LogP contribution in [0.15, 0.2) is 47.2 Å². The lowest BCUT2D eigenvalue weighted by Gasteiger charge is -2.17. The van der Waals surface area contributed by atoms with Gasteiger partial charge in [0.2, 0.25) is 0 Å². The van der Waals surface area contributed by atoms with Crippen LogP contribution in [-0.2, 0) is 25.9 Å². The Bertz CT molecular complexity index is 1300. The van der Waals surface area contributed by atoms with Crippen molar-refractivity contribution < 1.29 is 14.1 Å². The molecule has 0 unspecified atom stereocenters. The van der Waals surface area contributed by atoms with Gasteiger partial charge in [0.1, 0.15) is 18.2 Å². The molecule has 1 aliphatic rings. The van der Waals surface area contributed by atoms with E-state index in [0.717, 1.165) is 40.9 Å². The van der Waals surface area contributed by atoms with Crippen LogP contribution >= 0.6 is 0 Å². The Balaban J connectivity index is 1.16. The Hall–Kier alpha value is -3.81.